The maximum atomic E-state index is 13.0. The van der Waals surface area contributed by atoms with Crippen molar-refractivity contribution in [2.75, 3.05) is 6.54 Å². The van der Waals surface area contributed by atoms with Crippen molar-refractivity contribution >= 4 is 21.8 Å². The van der Waals surface area contributed by atoms with Crippen LogP contribution in [0.2, 0.25) is 0 Å². The average molecular weight is 303 g/mol. The molecule has 1 aromatic rings. The molecule has 0 radical (unpaired) electrons. The van der Waals surface area contributed by atoms with Crippen LogP contribution in [0.3, 0.4) is 0 Å². The van der Waals surface area contributed by atoms with Crippen molar-refractivity contribution in [2.45, 2.75) is 19.9 Å². The third-order valence-corrected chi connectivity index (χ3v) is 3.28. The summed E-state index contributed by atoms with van der Waals surface area (Å²) in [6.45, 7) is 2.62. The fourth-order valence-corrected chi connectivity index (χ4v) is 1.80. The second-order valence-electron chi connectivity index (χ2n) is 3.93. The topological polar surface area (TPSA) is 55.1 Å². The highest BCUT2D eigenvalue weighted by molar-refractivity contribution is 9.10. The number of nitrogens with one attached hydrogen (secondary N) is 1. The van der Waals surface area contributed by atoms with Gasteiger partial charge >= 0.3 is 0 Å². The monoisotopic (exact) mass is 302 g/mol. The Labute approximate surface area is 109 Å². The Balaban J connectivity index is 2.55. The summed E-state index contributed by atoms with van der Waals surface area (Å²) in [7, 11) is 0. The highest BCUT2D eigenvalue weighted by Gasteiger charge is 2.12. The molecule has 1 rings (SSSR count). The summed E-state index contributed by atoms with van der Waals surface area (Å²) in [5.41, 5.74) is 6.10. The number of carbonyl (C=O) groups excluding carboxylic acids is 1. The molecule has 3 N–H and O–H groups in total. The molecule has 0 saturated carbocycles. The van der Waals surface area contributed by atoms with Crippen LogP contribution in [0.5, 0.6) is 0 Å². The lowest BCUT2D eigenvalue weighted by Crippen LogP contribution is -2.30. The van der Waals surface area contributed by atoms with Gasteiger partial charge in [-0.25, -0.2) is 4.39 Å². The number of hydrogen-bond acceptors (Lipinski definition) is 2. The summed E-state index contributed by atoms with van der Waals surface area (Å²) in [6.07, 6.45) is 0.649. The van der Waals surface area contributed by atoms with Gasteiger partial charge in [0.05, 0.1) is 0 Å². The summed E-state index contributed by atoms with van der Waals surface area (Å²) in [6, 6.07) is 4.39. The standard InChI is InChI=1S/C12H16BrFN2O/c1-8(4-5-15)12(17)16-7-9-6-10(14)2-3-11(9)13/h2-3,6,8H,4-5,7,15H2,1H3,(H,16,17). The zero-order valence-corrected chi connectivity index (χ0v) is 11.3. The van der Waals surface area contributed by atoms with Gasteiger partial charge in [0.15, 0.2) is 0 Å². The minimum Gasteiger partial charge on any atom is -0.352 e. The molecule has 0 spiro atoms. The second kappa shape index (κ2) is 6.71. The maximum Gasteiger partial charge on any atom is 0.223 e. The molecule has 1 unspecified atom stereocenters. The molecule has 5 heteroatoms. The van der Waals surface area contributed by atoms with Gasteiger partial charge in [-0.05, 0) is 36.7 Å². The van der Waals surface area contributed by atoms with Crippen LogP contribution in [-0.2, 0) is 11.3 Å². The largest absolute Gasteiger partial charge is 0.352 e. The lowest BCUT2D eigenvalue weighted by Gasteiger charge is -2.11. The molecule has 0 aliphatic rings. The van der Waals surface area contributed by atoms with Crippen LogP contribution >= 0.6 is 15.9 Å². The van der Waals surface area contributed by atoms with E-state index >= 15 is 0 Å². The molecule has 0 aliphatic carbocycles. The molecule has 0 saturated heterocycles. The Morgan fingerprint density at radius 2 is 2.29 bits per heavy atom. The third-order valence-electron chi connectivity index (χ3n) is 2.51. The van der Waals surface area contributed by atoms with E-state index < -0.39 is 0 Å². The number of rotatable bonds is 5. The zero-order chi connectivity index (χ0) is 12.8. The van der Waals surface area contributed by atoms with E-state index in [0.717, 1.165) is 10.0 Å². The number of hydrogen-bond donors (Lipinski definition) is 2. The maximum absolute atomic E-state index is 13.0. The molecular formula is C12H16BrFN2O. The molecule has 0 fully saturated rings. The second-order valence-corrected chi connectivity index (χ2v) is 4.79. The van der Waals surface area contributed by atoms with Gasteiger partial charge in [-0.15, -0.1) is 0 Å². The number of halogens is 2. The summed E-state index contributed by atoms with van der Waals surface area (Å²) in [5, 5.41) is 2.76. The smallest absolute Gasteiger partial charge is 0.223 e. The van der Waals surface area contributed by atoms with Gasteiger partial charge in [0.1, 0.15) is 5.82 Å². The van der Waals surface area contributed by atoms with Crippen molar-refractivity contribution in [1.82, 2.24) is 5.32 Å². The van der Waals surface area contributed by atoms with Crippen molar-refractivity contribution in [3.05, 3.63) is 34.1 Å². The summed E-state index contributed by atoms with van der Waals surface area (Å²) in [5.74, 6) is -0.494. The van der Waals surface area contributed by atoms with Crippen molar-refractivity contribution in [1.29, 1.82) is 0 Å². The Hall–Kier alpha value is -0.940. The third kappa shape index (κ3) is 4.44. The highest BCUT2D eigenvalue weighted by Crippen LogP contribution is 2.17. The summed E-state index contributed by atoms with van der Waals surface area (Å²) in [4.78, 5) is 11.6. The Kier molecular flexibility index (Phi) is 5.58. The van der Waals surface area contributed by atoms with Crippen LogP contribution in [0.1, 0.15) is 18.9 Å². The quantitative estimate of drug-likeness (QED) is 0.876. The van der Waals surface area contributed by atoms with E-state index in [2.05, 4.69) is 21.2 Å². The van der Waals surface area contributed by atoms with E-state index in [-0.39, 0.29) is 17.6 Å². The summed E-state index contributed by atoms with van der Waals surface area (Å²) >= 11 is 3.31. The van der Waals surface area contributed by atoms with Crippen molar-refractivity contribution in [3.63, 3.8) is 0 Å². The first kappa shape index (κ1) is 14.1. The zero-order valence-electron chi connectivity index (χ0n) is 9.67. The van der Waals surface area contributed by atoms with Gasteiger partial charge in [0, 0.05) is 16.9 Å². The molecule has 1 amide bonds. The SMILES string of the molecule is CC(CCN)C(=O)NCc1cc(F)ccc1Br. The van der Waals surface area contributed by atoms with Gasteiger partial charge in [-0.1, -0.05) is 22.9 Å². The van der Waals surface area contributed by atoms with E-state index in [1.54, 1.807) is 6.07 Å². The van der Waals surface area contributed by atoms with E-state index in [0.29, 0.717) is 19.5 Å². The Morgan fingerprint density at radius 1 is 1.59 bits per heavy atom. The molecule has 0 heterocycles. The average Bonchev–Trinajstić information content (AvgIpc) is 2.30. The fraction of sp³-hybridized carbons (Fsp3) is 0.417. The number of amides is 1. The molecular weight excluding hydrogens is 287 g/mol. The van der Waals surface area contributed by atoms with E-state index in [1.807, 2.05) is 6.92 Å². The van der Waals surface area contributed by atoms with Crippen LogP contribution in [0.25, 0.3) is 0 Å². The van der Waals surface area contributed by atoms with Crippen LogP contribution < -0.4 is 11.1 Å². The molecule has 0 aromatic heterocycles. The highest BCUT2D eigenvalue weighted by atomic mass is 79.9. The Morgan fingerprint density at radius 3 is 2.94 bits per heavy atom. The summed E-state index contributed by atoms with van der Waals surface area (Å²) < 4.78 is 13.8. The van der Waals surface area contributed by atoms with Crippen LogP contribution in [0.15, 0.2) is 22.7 Å². The molecule has 1 aromatic carbocycles. The number of carbonyl (C=O) groups is 1. The first-order chi connectivity index (χ1) is 8.04. The van der Waals surface area contributed by atoms with Crippen LogP contribution in [0.4, 0.5) is 4.39 Å². The molecule has 17 heavy (non-hydrogen) atoms. The molecule has 0 aliphatic heterocycles. The van der Waals surface area contributed by atoms with Gasteiger partial charge in [0.2, 0.25) is 5.91 Å². The fourth-order valence-electron chi connectivity index (χ4n) is 1.42. The molecule has 0 bridgehead atoms. The van der Waals surface area contributed by atoms with Crippen molar-refractivity contribution < 1.29 is 9.18 Å². The number of nitrogens with two attached hydrogens (primary N) is 1. The van der Waals surface area contributed by atoms with Gasteiger partial charge in [-0.3, -0.25) is 4.79 Å². The van der Waals surface area contributed by atoms with E-state index in [4.69, 9.17) is 5.73 Å². The predicted octanol–water partition coefficient (Wildman–Crippen LogP) is 2.19. The normalized spacial score (nSPS) is 12.2. The van der Waals surface area contributed by atoms with Crippen LogP contribution in [-0.4, -0.2) is 12.5 Å². The lowest BCUT2D eigenvalue weighted by atomic mass is 10.1. The first-order valence-corrected chi connectivity index (χ1v) is 6.25. The Bertz CT molecular complexity index is 398. The minimum absolute atomic E-state index is 0.0633. The van der Waals surface area contributed by atoms with Crippen LogP contribution in [0, 0.1) is 11.7 Å². The first-order valence-electron chi connectivity index (χ1n) is 5.46. The van der Waals surface area contributed by atoms with Gasteiger partial charge in [0.25, 0.3) is 0 Å². The van der Waals surface area contributed by atoms with Gasteiger partial charge in [-0.2, -0.15) is 0 Å². The van der Waals surface area contributed by atoms with Crippen molar-refractivity contribution in [2.24, 2.45) is 11.7 Å². The van der Waals surface area contributed by atoms with Gasteiger partial charge < -0.3 is 11.1 Å². The minimum atomic E-state index is -0.313. The number of benzene rings is 1. The predicted molar refractivity (Wildman–Crippen MR) is 68.8 cm³/mol. The molecule has 1 atom stereocenters. The molecule has 3 nitrogen and oxygen atoms in total. The van der Waals surface area contributed by atoms with E-state index in [1.165, 1.54) is 12.1 Å². The van der Waals surface area contributed by atoms with Crippen molar-refractivity contribution in [3.8, 4) is 0 Å². The lowest BCUT2D eigenvalue weighted by molar-refractivity contribution is -0.124. The van der Waals surface area contributed by atoms with E-state index in [9.17, 15) is 9.18 Å². The molecule has 94 valence electrons.